The standard InChI is InChI=1S/C16H32N4O.HI/c1-14(11-19-7-4-5-8-19)10-18-16(17-2)20-9-6-15(12-20)13-21-3;/h14-15H,4-13H2,1-3H3,(H,17,18);1H. The predicted molar refractivity (Wildman–Crippen MR) is 103 cm³/mol. The van der Waals surface area contributed by atoms with Crippen LogP contribution in [0.3, 0.4) is 0 Å². The Kier molecular flexibility index (Phi) is 9.66. The van der Waals surface area contributed by atoms with Crippen LogP contribution in [0.5, 0.6) is 0 Å². The number of aliphatic imine (C=N–C) groups is 1. The molecule has 2 aliphatic heterocycles. The normalized spacial score (nSPS) is 24.4. The van der Waals surface area contributed by atoms with E-state index in [1.165, 1.54) is 38.9 Å². The van der Waals surface area contributed by atoms with E-state index in [4.69, 9.17) is 4.74 Å². The van der Waals surface area contributed by atoms with Crippen molar-refractivity contribution in [2.75, 3.05) is 60.0 Å². The van der Waals surface area contributed by atoms with Gasteiger partial charge in [0, 0.05) is 46.3 Å². The van der Waals surface area contributed by atoms with E-state index in [0.717, 1.165) is 32.2 Å². The van der Waals surface area contributed by atoms with Crippen molar-refractivity contribution in [2.24, 2.45) is 16.8 Å². The molecule has 2 aliphatic rings. The summed E-state index contributed by atoms with van der Waals surface area (Å²) in [4.78, 5) is 9.40. The monoisotopic (exact) mass is 424 g/mol. The van der Waals surface area contributed by atoms with E-state index in [1.807, 2.05) is 7.05 Å². The van der Waals surface area contributed by atoms with Gasteiger partial charge in [0.1, 0.15) is 0 Å². The van der Waals surface area contributed by atoms with Crippen LogP contribution >= 0.6 is 24.0 Å². The molecule has 2 saturated heterocycles. The lowest BCUT2D eigenvalue weighted by atomic mass is 10.1. The van der Waals surface area contributed by atoms with Gasteiger partial charge in [-0.05, 0) is 38.3 Å². The van der Waals surface area contributed by atoms with E-state index in [1.54, 1.807) is 7.11 Å². The summed E-state index contributed by atoms with van der Waals surface area (Å²) >= 11 is 0. The van der Waals surface area contributed by atoms with Gasteiger partial charge in [-0.2, -0.15) is 0 Å². The van der Waals surface area contributed by atoms with Crippen LogP contribution in [0.2, 0.25) is 0 Å². The van der Waals surface area contributed by atoms with E-state index >= 15 is 0 Å². The first-order chi connectivity index (χ1) is 10.2. The van der Waals surface area contributed by atoms with Crippen molar-refractivity contribution in [3.63, 3.8) is 0 Å². The molecule has 2 fully saturated rings. The second kappa shape index (κ2) is 10.6. The summed E-state index contributed by atoms with van der Waals surface area (Å²) in [5.74, 6) is 2.37. The lowest BCUT2D eigenvalue weighted by Gasteiger charge is -2.25. The number of nitrogens with zero attached hydrogens (tertiary/aromatic N) is 3. The molecule has 0 bridgehead atoms. The molecule has 2 atom stereocenters. The maximum atomic E-state index is 5.27. The molecule has 2 rings (SSSR count). The number of rotatable bonds is 6. The SMILES string of the molecule is CN=C(NCC(C)CN1CCCC1)N1CCC(COC)C1.I. The molecule has 130 valence electrons. The number of guanidine groups is 1. The molecule has 0 radical (unpaired) electrons. The maximum Gasteiger partial charge on any atom is 0.193 e. The lowest BCUT2D eigenvalue weighted by molar-refractivity contribution is 0.157. The Hall–Kier alpha value is -0.0800. The molecule has 5 nitrogen and oxygen atoms in total. The van der Waals surface area contributed by atoms with Gasteiger partial charge >= 0.3 is 0 Å². The Morgan fingerprint density at radius 3 is 2.68 bits per heavy atom. The second-order valence-electron chi connectivity index (χ2n) is 6.60. The Bertz CT molecular complexity index is 334. The quantitative estimate of drug-likeness (QED) is 0.402. The van der Waals surface area contributed by atoms with Gasteiger partial charge < -0.3 is 19.9 Å². The molecule has 2 heterocycles. The number of hydrogen-bond donors (Lipinski definition) is 1. The van der Waals surface area contributed by atoms with Crippen molar-refractivity contribution in [3.8, 4) is 0 Å². The molecule has 0 spiro atoms. The van der Waals surface area contributed by atoms with E-state index in [-0.39, 0.29) is 24.0 Å². The van der Waals surface area contributed by atoms with Crippen molar-refractivity contribution < 1.29 is 4.74 Å². The number of methoxy groups -OCH3 is 1. The topological polar surface area (TPSA) is 40.1 Å². The minimum absolute atomic E-state index is 0. The summed E-state index contributed by atoms with van der Waals surface area (Å²) < 4.78 is 5.27. The van der Waals surface area contributed by atoms with Crippen molar-refractivity contribution >= 4 is 29.9 Å². The van der Waals surface area contributed by atoms with Crippen LogP contribution in [-0.2, 0) is 4.74 Å². The molecule has 0 saturated carbocycles. The fraction of sp³-hybridized carbons (Fsp3) is 0.938. The third kappa shape index (κ3) is 6.20. The molecular formula is C16H33IN4O. The van der Waals surface area contributed by atoms with Gasteiger partial charge in [-0.3, -0.25) is 4.99 Å². The van der Waals surface area contributed by atoms with E-state index < -0.39 is 0 Å². The van der Waals surface area contributed by atoms with Crippen LogP contribution in [0.1, 0.15) is 26.2 Å². The third-order valence-corrected chi connectivity index (χ3v) is 4.58. The van der Waals surface area contributed by atoms with Gasteiger partial charge in [0.25, 0.3) is 0 Å². The highest BCUT2D eigenvalue weighted by Gasteiger charge is 2.25. The summed E-state index contributed by atoms with van der Waals surface area (Å²) in [6.07, 6.45) is 3.95. The molecule has 0 amide bonds. The average Bonchev–Trinajstić information content (AvgIpc) is 3.12. The highest BCUT2D eigenvalue weighted by Crippen LogP contribution is 2.16. The molecule has 0 aromatic carbocycles. The molecule has 6 heteroatoms. The minimum Gasteiger partial charge on any atom is -0.384 e. The van der Waals surface area contributed by atoms with Crippen molar-refractivity contribution in [3.05, 3.63) is 0 Å². The number of ether oxygens (including phenoxy) is 1. The van der Waals surface area contributed by atoms with Crippen molar-refractivity contribution in [1.29, 1.82) is 0 Å². The fourth-order valence-electron chi connectivity index (χ4n) is 3.47. The number of likely N-dealkylation sites (tertiary alicyclic amines) is 2. The highest BCUT2D eigenvalue weighted by molar-refractivity contribution is 14.0. The van der Waals surface area contributed by atoms with Crippen molar-refractivity contribution in [2.45, 2.75) is 26.2 Å². The predicted octanol–water partition coefficient (Wildman–Crippen LogP) is 1.88. The van der Waals surface area contributed by atoms with E-state index in [0.29, 0.717) is 11.8 Å². The van der Waals surface area contributed by atoms with E-state index in [2.05, 4.69) is 27.0 Å². The van der Waals surface area contributed by atoms with Crippen LogP contribution in [0.15, 0.2) is 4.99 Å². The molecule has 0 aliphatic carbocycles. The zero-order chi connectivity index (χ0) is 15.1. The lowest BCUT2D eigenvalue weighted by Crippen LogP contribution is -2.43. The number of nitrogens with one attached hydrogen (secondary N) is 1. The summed E-state index contributed by atoms with van der Waals surface area (Å²) in [6.45, 7) is 10.1. The van der Waals surface area contributed by atoms with Crippen LogP contribution in [-0.4, -0.2) is 75.8 Å². The van der Waals surface area contributed by atoms with Crippen LogP contribution in [0.25, 0.3) is 0 Å². The Balaban J connectivity index is 0.00000242. The minimum atomic E-state index is 0. The first-order valence-corrected chi connectivity index (χ1v) is 8.39. The number of halogens is 1. The van der Waals surface area contributed by atoms with Gasteiger partial charge in [0.05, 0.1) is 6.61 Å². The molecule has 22 heavy (non-hydrogen) atoms. The van der Waals surface area contributed by atoms with Gasteiger partial charge in [-0.25, -0.2) is 0 Å². The Morgan fingerprint density at radius 1 is 1.32 bits per heavy atom. The second-order valence-corrected chi connectivity index (χ2v) is 6.60. The van der Waals surface area contributed by atoms with Gasteiger partial charge in [0.15, 0.2) is 5.96 Å². The highest BCUT2D eigenvalue weighted by atomic mass is 127. The zero-order valence-corrected chi connectivity index (χ0v) is 16.7. The first kappa shape index (κ1) is 20.0. The molecule has 1 N–H and O–H groups in total. The molecule has 0 aromatic heterocycles. The smallest absolute Gasteiger partial charge is 0.193 e. The summed E-state index contributed by atoms with van der Waals surface area (Å²) in [6, 6.07) is 0. The summed E-state index contributed by atoms with van der Waals surface area (Å²) in [5.41, 5.74) is 0. The van der Waals surface area contributed by atoms with Crippen molar-refractivity contribution in [1.82, 2.24) is 15.1 Å². The van der Waals surface area contributed by atoms with Gasteiger partial charge in [0.2, 0.25) is 0 Å². The van der Waals surface area contributed by atoms with Crippen LogP contribution in [0, 0.1) is 11.8 Å². The first-order valence-electron chi connectivity index (χ1n) is 8.39. The zero-order valence-electron chi connectivity index (χ0n) is 14.4. The van der Waals surface area contributed by atoms with Crippen LogP contribution < -0.4 is 5.32 Å². The maximum absolute atomic E-state index is 5.27. The summed E-state index contributed by atoms with van der Waals surface area (Å²) in [5, 5.41) is 3.56. The fourth-order valence-corrected chi connectivity index (χ4v) is 3.47. The molecular weight excluding hydrogens is 391 g/mol. The van der Waals surface area contributed by atoms with E-state index in [9.17, 15) is 0 Å². The number of hydrogen-bond acceptors (Lipinski definition) is 3. The molecule has 2 unspecified atom stereocenters. The average molecular weight is 424 g/mol. The summed E-state index contributed by atoms with van der Waals surface area (Å²) in [7, 11) is 3.67. The Morgan fingerprint density at radius 2 is 2.05 bits per heavy atom. The Labute approximate surface area is 152 Å². The van der Waals surface area contributed by atoms with Gasteiger partial charge in [-0.1, -0.05) is 6.92 Å². The van der Waals surface area contributed by atoms with Crippen LogP contribution in [0.4, 0.5) is 0 Å². The van der Waals surface area contributed by atoms with Gasteiger partial charge in [-0.15, -0.1) is 24.0 Å². The third-order valence-electron chi connectivity index (χ3n) is 4.58. The molecule has 0 aromatic rings. The largest absolute Gasteiger partial charge is 0.384 e.